The molecule has 0 bridgehead atoms. The van der Waals surface area contributed by atoms with E-state index >= 15 is 0 Å². The number of hydrogen-bond acceptors (Lipinski definition) is 4. The average molecular weight is 272 g/mol. The first-order valence-electron chi connectivity index (χ1n) is 6.71. The summed E-state index contributed by atoms with van der Waals surface area (Å²) in [6, 6.07) is 1.65. The summed E-state index contributed by atoms with van der Waals surface area (Å²) in [7, 11) is 0. The van der Waals surface area contributed by atoms with Gasteiger partial charge < -0.3 is 9.84 Å². The first kappa shape index (κ1) is 12.9. The van der Waals surface area contributed by atoms with Crippen LogP contribution in [-0.2, 0) is 0 Å². The van der Waals surface area contributed by atoms with Crippen LogP contribution < -0.4 is 4.74 Å². The molecule has 0 amide bonds. The maximum Gasteiger partial charge on any atom is 0.174 e. The van der Waals surface area contributed by atoms with Gasteiger partial charge >= 0.3 is 0 Å². The number of allylic oxidation sites excluding steroid dienone is 1. The summed E-state index contributed by atoms with van der Waals surface area (Å²) in [4.78, 5) is 23.5. The molecule has 1 heterocycles. The van der Waals surface area contributed by atoms with E-state index in [-0.39, 0.29) is 29.1 Å². The molecule has 0 atom stereocenters. The van der Waals surface area contributed by atoms with Crippen LogP contribution in [0.25, 0.3) is 5.57 Å². The predicted molar refractivity (Wildman–Crippen MR) is 74.4 cm³/mol. The van der Waals surface area contributed by atoms with Crippen LogP contribution in [0.4, 0.5) is 0 Å². The highest BCUT2D eigenvalue weighted by atomic mass is 16.5. The number of fused-ring (bicyclic) bond motifs is 1. The molecule has 1 aromatic rings. The van der Waals surface area contributed by atoms with Crippen molar-refractivity contribution >= 4 is 17.6 Å². The van der Waals surface area contributed by atoms with Crippen molar-refractivity contribution in [3.05, 3.63) is 29.3 Å². The zero-order chi connectivity index (χ0) is 14.5. The molecule has 1 fully saturated rings. The number of benzene rings is 1. The number of carbonyl (C=O) groups is 2. The van der Waals surface area contributed by atoms with Gasteiger partial charge in [-0.15, -0.1) is 0 Å². The number of carbonyl (C=O) groups excluding carboxylic acids is 2. The Kier molecular flexibility index (Phi) is 2.71. The fourth-order valence-electron chi connectivity index (χ4n) is 2.98. The molecule has 4 heteroatoms. The van der Waals surface area contributed by atoms with Gasteiger partial charge in [-0.2, -0.15) is 0 Å². The summed E-state index contributed by atoms with van der Waals surface area (Å²) in [6.07, 6.45) is 3.60. The highest BCUT2D eigenvalue weighted by Crippen LogP contribution is 2.48. The predicted octanol–water partition coefficient (Wildman–Crippen LogP) is 3.13. The SMILES string of the molecule is C=C(C)c1cc2c(c(O)c1C=O)C(=O)CC1(CCC1)O2. The largest absolute Gasteiger partial charge is 0.506 e. The smallest absolute Gasteiger partial charge is 0.174 e. The van der Waals surface area contributed by atoms with Crippen LogP contribution in [0.3, 0.4) is 0 Å². The number of hydrogen-bond donors (Lipinski definition) is 1. The number of rotatable bonds is 2. The van der Waals surface area contributed by atoms with Crippen LogP contribution in [0.2, 0.25) is 0 Å². The quantitative estimate of drug-likeness (QED) is 0.840. The lowest BCUT2D eigenvalue weighted by Gasteiger charge is -2.44. The summed E-state index contributed by atoms with van der Waals surface area (Å²) >= 11 is 0. The van der Waals surface area contributed by atoms with E-state index in [0.29, 0.717) is 23.2 Å². The summed E-state index contributed by atoms with van der Waals surface area (Å²) in [6.45, 7) is 5.55. The van der Waals surface area contributed by atoms with Crippen molar-refractivity contribution in [1.82, 2.24) is 0 Å². The van der Waals surface area contributed by atoms with Gasteiger partial charge in [0.05, 0.1) is 12.0 Å². The highest BCUT2D eigenvalue weighted by Gasteiger charge is 2.46. The number of phenols is 1. The van der Waals surface area contributed by atoms with Crippen molar-refractivity contribution in [1.29, 1.82) is 0 Å². The van der Waals surface area contributed by atoms with Gasteiger partial charge in [-0.1, -0.05) is 12.2 Å². The van der Waals surface area contributed by atoms with E-state index in [2.05, 4.69) is 6.58 Å². The molecule has 1 aromatic carbocycles. The Hall–Kier alpha value is -2.10. The summed E-state index contributed by atoms with van der Waals surface area (Å²) in [5.41, 5.74) is 1.02. The molecule has 3 rings (SSSR count). The van der Waals surface area contributed by atoms with Gasteiger partial charge in [-0.05, 0) is 37.8 Å². The molecule has 2 aliphatic rings. The van der Waals surface area contributed by atoms with Crippen molar-refractivity contribution in [3.63, 3.8) is 0 Å². The Morgan fingerprint density at radius 1 is 1.50 bits per heavy atom. The minimum Gasteiger partial charge on any atom is -0.506 e. The number of phenolic OH excluding ortho intramolecular Hbond substituents is 1. The Labute approximate surface area is 117 Å². The van der Waals surface area contributed by atoms with Gasteiger partial charge in [0.2, 0.25) is 0 Å². The van der Waals surface area contributed by atoms with Crippen LogP contribution in [0.1, 0.15) is 58.9 Å². The van der Waals surface area contributed by atoms with E-state index in [0.717, 1.165) is 19.3 Å². The Bertz CT molecular complexity index is 638. The Morgan fingerprint density at radius 3 is 2.70 bits per heavy atom. The average Bonchev–Trinajstić information content (AvgIpc) is 2.35. The molecule has 104 valence electrons. The molecular weight excluding hydrogens is 256 g/mol. The molecule has 1 aliphatic heterocycles. The topological polar surface area (TPSA) is 63.6 Å². The molecule has 1 saturated carbocycles. The monoisotopic (exact) mass is 272 g/mol. The van der Waals surface area contributed by atoms with E-state index in [1.54, 1.807) is 13.0 Å². The Balaban J connectivity index is 2.20. The minimum absolute atomic E-state index is 0.109. The molecule has 1 spiro atoms. The van der Waals surface area contributed by atoms with Gasteiger partial charge in [-0.25, -0.2) is 0 Å². The lowest BCUT2D eigenvalue weighted by atomic mass is 9.73. The van der Waals surface area contributed by atoms with Crippen LogP contribution in [-0.4, -0.2) is 22.8 Å². The highest BCUT2D eigenvalue weighted by molar-refractivity contribution is 6.06. The van der Waals surface area contributed by atoms with Gasteiger partial charge in [0.1, 0.15) is 22.7 Å². The standard InChI is InChI=1S/C16H16O4/c1-9(2)10-6-13-14(15(19)11(10)8-17)12(18)7-16(20-13)4-3-5-16/h6,8,19H,1,3-5,7H2,2H3. The normalized spacial score (nSPS) is 18.9. The Morgan fingerprint density at radius 2 is 2.20 bits per heavy atom. The third kappa shape index (κ3) is 1.68. The third-order valence-electron chi connectivity index (χ3n) is 4.23. The second-order valence-corrected chi connectivity index (χ2v) is 5.70. The minimum atomic E-state index is -0.397. The molecule has 0 saturated heterocycles. The molecule has 20 heavy (non-hydrogen) atoms. The maximum atomic E-state index is 12.3. The number of aldehydes is 1. The van der Waals surface area contributed by atoms with Crippen molar-refractivity contribution in [3.8, 4) is 11.5 Å². The zero-order valence-corrected chi connectivity index (χ0v) is 11.4. The van der Waals surface area contributed by atoms with Gasteiger partial charge in [-0.3, -0.25) is 9.59 Å². The van der Waals surface area contributed by atoms with Crippen molar-refractivity contribution in [2.75, 3.05) is 0 Å². The fourth-order valence-corrected chi connectivity index (χ4v) is 2.98. The molecule has 0 aromatic heterocycles. The van der Waals surface area contributed by atoms with Crippen molar-refractivity contribution in [2.24, 2.45) is 0 Å². The van der Waals surface area contributed by atoms with E-state index in [1.165, 1.54) is 0 Å². The number of Topliss-reactive ketones (excluding diaryl/α,β-unsaturated/α-hetero) is 1. The first-order chi connectivity index (χ1) is 9.47. The van der Waals surface area contributed by atoms with Crippen LogP contribution in [0.5, 0.6) is 11.5 Å². The summed E-state index contributed by atoms with van der Waals surface area (Å²) in [5.74, 6) is -0.0588. The lowest BCUT2D eigenvalue weighted by molar-refractivity contribution is -0.0180. The fraction of sp³-hybridized carbons (Fsp3) is 0.375. The van der Waals surface area contributed by atoms with Crippen LogP contribution in [0, 0.1) is 0 Å². The molecule has 1 aliphatic carbocycles. The van der Waals surface area contributed by atoms with Crippen LogP contribution >= 0.6 is 0 Å². The number of ketones is 1. The number of ether oxygens (including phenoxy) is 1. The van der Waals surface area contributed by atoms with E-state index < -0.39 is 5.60 Å². The van der Waals surface area contributed by atoms with E-state index in [4.69, 9.17) is 4.74 Å². The maximum absolute atomic E-state index is 12.3. The van der Waals surface area contributed by atoms with Gasteiger partial charge in [0.25, 0.3) is 0 Å². The second kappa shape index (κ2) is 4.20. The summed E-state index contributed by atoms with van der Waals surface area (Å²) in [5, 5.41) is 10.2. The second-order valence-electron chi connectivity index (χ2n) is 5.70. The first-order valence-corrected chi connectivity index (χ1v) is 6.71. The van der Waals surface area contributed by atoms with Crippen molar-refractivity contribution in [2.45, 2.75) is 38.2 Å². The summed E-state index contributed by atoms with van der Waals surface area (Å²) < 4.78 is 5.96. The molecule has 0 unspecified atom stereocenters. The molecule has 1 N–H and O–H groups in total. The molecular formula is C16H16O4. The van der Waals surface area contributed by atoms with E-state index in [1.807, 2.05) is 0 Å². The third-order valence-corrected chi connectivity index (χ3v) is 4.23. The number of aromatic hydroxyl groups is 1. The van der Waals surface area contributed by atoms with Crippen molar-refractivity contribution < 1.29 is 19.4 Å². The zero-order valence-electron chi connectivity index (χ0n) is 11.4. The van der Waals surface area contributed by atoms with Gasteiger partial charge in [0.15, 0.2) is 12.1 Å². The lowest BCUT2D eigenvalue weighted by Crippen LogP contribution is -2.47. The van der Waals surface area contributed by atoms with E-state index in [9.17, 15) is 14.7 Å². The van der Waals surface area contributed by atoms with Gasteiger partial charge in [0, 0.05) is 0 Å². The molecule has 0 radical (unpaired) electrons. The van der Waals surface area contributed by atoms with Crippen LogP contribution in [0.15, 0.2) is 12.6 Å². The molecule has 4 nitrogen and oxygen atoms in total.